The van der Waals surface area contributed by atoms with E-state index in [2.05, 4.69) is 98.9 Å². The number of hydrogen-bond donors (Lipinski definition) is 1. The Bertz CT molecular complexity index is 1700. The molecule has 0 heterocycles. The van der Waals surface area contributed by atoms with Crippen molar-refractivity contribution in [2.45, 2.75) is 347 Å². The number of ether oxygens (including phenoxy) is 4. The van der Waals surface area contributed by atoms with Gasteiger partial charge in [0, 0.05) is 12.8 Å². The Morgan fingerprint density at radius 3 is 0.977 bits per heavy atom. The number of nitrogens with zero attached hydrogens (tertiary/aromatic N) is 1. The van der Waals surface area contributed by atoms with E-state index in [4.69, 9.17) is 18.9 Å². The van der Waals surface area contributed by atoms with E-state index in [0.29, 0.717) is 17.4 Å². The van der Waals surface area contributed by atoms with Crippen LogP contribution in [0.5, 0.6) is 0 Å². The van der Waals surface area contributed by atoms with Gasteiger partial charge in [-0.25, -0.2) is 4.79 Å². The fourth-order valence-corrected chi connectivity index (χ4v) is 10.5. The molecule has 2 atom stereocenters. The number of rotatable bonds is 68. The second-order valence-corrected chi connectivity index (χ2v) is 25.9. The molecule has 0 aromatic heterocycles. The normalized spacial score (nSPS) is 13.2. The van der Waals surface area contributed by atoms with Gasteiger partial charge in [-0.3, -0.25) is 9.59 Å². The van der Waals surface area contributed by atoms with Crippen LogP contribution in [0.1, 0.15) is 335 Å². The fourth-order valence-electron chi connectivity index (χ4n) is 10.5. The lowest BCUT2D eigenvalue weighted by Gasteiger charge is -2.25. The summed E-state index contributed by atoms with van der Waals surface area (Å²) in [4.78, 5) is 37.7. The van der Waals surface area contributed by atoms with Crippen molar-refractivity contribution < 1.29 is 42.9 Å². The Morgan fingerprint density at radius 1 is 0.356 bits per heavy atom. The minimum Gasteiger partial charge on any atom is -0.477 e. The van der Waals surface area contributed by atoms with Crippen molar-refractivity contribution in [1.29, 1.82) is 0 Å². The Labute approximate surface area is 538 Å². The first-order valence-electron chi connectivity index (χ1n) is 36.8. The number of allylic oxidation sites excluding steroid dienone is 14. The van der Waals surface area contributed by atoms with Gasteiger partial charge in [0.15, 0.2) is 6.10 Å². The van der Waals surface area contributed by atoms with E-state index in [9.17, 15) is 19.5 Å². The third-order valence-corrected chi connectivity index (χ3v) is 16.1. The van der Waals surface area contributed by atoms with Gasteiger partial charge in [0.25, 0.3) is 6.29 Å². The van der Waals surface area contributed by atoms with Crippen LogP contribution in [0.3, 0.4) is 0 Å². The third-order valence-electron chi connectivity index (χ3n) is 16.1. The maximum Gasteiger partial charge on any atom is 0.361 e. The van der Waals surface area contributed by atoms with Crippen LogP contribution in [0, 0.1) is 0 Å². The summed E-state index contributed by atoms with van der Waals surface area (Å²) in [6.45, 7) is 4.80. The highest BCUT2D eigenvalue weighted by Crippen LogP contribution is 2.18. The number of carbonyl (C=O) groups is 3. The zero-order chi connectivity index (χ0) is 63.3. The van der Waals surface area contributed by atoms with E-state index < -0.39 is 24.3 Å². The second-order valence-electron chi connectivity index (χ2n) is 25.9. The Balaban J connectivity index is 4.06. The van der Waals surface area contributed by atoms with Crippen LogP contribution in [-0.2, 0) is 33.3 Å². The number of unbranched alkanes of at least 4 members (excludes halogenated alkanes) is 39. The molecule has 0 aliphatic heterocycles. The molecule has 0 aromatic rings. The van der Waals surface area contributed by atoms with E-state index >= 15 is 0 Å². The van der Waals surface area contributed by atoms with E-state index in [1.165, 1.54) is 231 Å². The minimum atomic E-state index is -1.51. The molecule has 1 N–H and O–H groups in total. The summed E-state index contributed by atoms with van der Waals surface area (Å²) in [7, 11) is 5.99. The van der Waals surface area contributed by atoms with Crippen molar-refractivity contribution in [3.05, 3.63) is 85.1 Å². The molecule has 0 fully saturated rings. The minimum absolute atomic E-state index is 0.181. The number of hydrogen-bond acceptors (Lipinski definition) is 7. The van der Waals surface area contributed by atoms with Crippen LogP contribution < -0.4 is 0 Å². The molecular weight excluding hydrogens is 1080 g/mol. The molecular formula is C78H140NO8+. The summed E-state index contributed by atoms with van der Waals surface area (Å²) >= 11 is 0. The van der Waals surface area contributed by atoms with Gasteiger partial charge in [-0.2, -0.15) is 0 Å². The number of aliphatic carboxylic acids is 1. The summed E-state index contributed by atoms with van der Waals surface area (Å²) in [5, 5.41) is 9.76. The third kappa shape index (κ3) is 69.8. The van der Waals surface area contributed by atoms with Crippen molar-refractivity contribution in [1.82, 2.24) is 0 Å². The quantitative estimate of drug-likeness (QED) is 0.0211. The highest BCUT2D eigenvalue weighted by Gasteiger charge is 2.25. The first-order valence-corrected chi connectivity index (χ1v) is 36.8. The molecule has 0 amide bonds. The molecule has 0 saturated heterocycles. The number of carboxylic acids is 1. The Hall–Kier alpha value is -3.53. The number of quaternary nitrogens is 1. The Morgan fingerprint density at radius 2 is 0.655 bits per heavy atom. The molecule has 2 unspecified atom stereocenters. The molecule has 0 radical (unpaired) electrons. The summed E-state index contributed by atoms with van der Waals surface area (Å²) in [5.74, 6) is -1.99. The monoisotopic (exact) mass is 1220 g/mol. The largest absolute Gasteiger partial charge is 0.477 e. The van der Waals surface area contributed by atoms with Crippen LogP contribution in [0.25, 0.3) is 0 Å². The molecule has 0 aromatic carbocycles. The van der Waals surface area contributed by atoms with E-state index in [1.807, 2.05) is 21.1 Å². The highest BCUT2D eigenvalue weighted by atomic mass is 16.7. The van der Waals surface area contributed by atoms with E-state index in [0.717, 1.165) is 77.0 Å². The van der Waals surface area contributed by atoms with Crippen molar-refractivity contribution in [2.75, 3.05) is 47.5 Å². The summed E-state index contributed by atoms with van der Waals surface area (Å²) in [6, 6.07) is 0. The van der Waals surface area contributed by atoms with Gasteiger partial charge < -0.3 is 28.5 Å². The first kappa shape index (κ1) is 83.5. The van der Waals surface area contributed by atoms with Gasteiger partial charge >= 0.3 is 17.9 Å². The van der Waals surface area contributed by atoms with Gasteiger partial charge in [-0.15, -0.1) is 0 Å². The van der Waals surface area contributed by atoms with E-state index in [-0.39, 0.29) is 32.2 Å². The lowest BCUT2D eigenvalue weighted by atomic mass is 10.0. The predicted molar refractivity (Wildman–Crippen MR) is 373 cm³/mol. The first-order chi connectivity index (χ1) is 42.6. The number of esters is 2. The molecule has 0 spiro atoms. The van der Waals surface area contributed by atoms with Gasteiger partial charge in [0.2, 0.25) is 0 Å². The Kier molecular flexibility index (Phi) is 65.6. The van der Waals surface area contributed by atoms with Gasteiger partial charge in [0.1, 0.15) is 13.2 Å². The van der Waals surface area contributed by atoms with Crippen molar-refractivity contribution in [2.24, 2.45) is 0 Å². The van der Waals surface area contributed by atoms with Crippen molar-refractivity contribution >= 4 is 17.9 Å². The number of carbonyl (C=O) groups excluding carboxylic acids is 2. The molecule has 9 nitrogen and oxygen atoms in total. The standard InChI is InChI=1S/C78H139NO8/c1-6-8-10-12-14-16-18-20-22-24-26-28-30-32-34-36-38-40-42-44-46-48-50-52-54-56-58-60-62-64-66-68-75(80)85-72-74(73-86-78(77(82)83)84-71-70-79(3,4)5)87-76(81)69-67-65-63-61-59-57-55-53-51-49-47-45-43-41-39-37-35-33-31-29-27-25-23-21-19-17-15-13-11-9-7-2/h9,11,15,17-18,20-21,23-24,26-27,29-30,32,74,78H,6-8,10,12-14,16,19,22,25,28,31,33-73H2,1-5H3/p+1/b11-9-,17-15-,20-18-,23-21-,26-24-,29-27-,32-30-. The number of likely N-dealkylation sites (N-methyl/N-ethyl adjacent to an activating group) is 1. The summed E-state index contributed by atoms with van der Waals surface area (Å²) in [6.07, 6.45) is 89.9. The van der Waals surface area contributed by atoms with Crippen LogP contribution in [0.2, 0.25) is 0 Å². The molecule has 87 heavy (non-hydrogen) atoms. The zero-order valence-corrected chi connectivity index (χ0v) is 57.7. The van der Waals surface area contributed by atoms with Crippen molar-refractivity contribution in [3.63, 3.8) is 0 Å². The maximum atomic E-state index is 13.0. The average Bonchev–Trinajstić information content (AvgIpc) is 3.56. The average molecular weight is 1220 g/mol. The van der Waals surface area contributed by atoms with Crippen LogP contribution in [-0.4, -0.2) is 87.4 Å². The van der Waals surface area contributed by atoms with E-state index in [1.54, 1.807) is 0 Å². The topological polar surface area (TPSA) is 108 Å². The molecule has 0 bridgehead atoms. The summed E-state index contributed by atoms with van der Waals surface area (Å²) in [5.41, 5.74) is 0. The van der Waals surface area contributed by atoms with Crippen LogP contribution in [0.4, 0.5) is 0 Å². The highest BCUT2D eigenvalue weighted by molar-refractivity contribution is 5.71. The SMILES string of the molecule is CC/C=C\C/C=C\C/C=C\C/C=C\CCCCCCCCCCCCCCCCCCCCC(=O)OC(COC(=O)CCCCCCCCCCCCCCCCCC/C=C\C/C=C\C/C=C\CCCCCCC)COC(OCC[N+](C)(C)C)C(=O)O. The molecule has 0 saturated carbocycles. The van der Waals surface area contributed by atoms with Crippen LogP contribution in [0.15, 0.2) is 85.1 Å². The van der Waals surface area contributed by atoms with Gasteiger partial charge in [-0.1, -0.05) is 317 Å². The second kappa shape index (κ2) is 68.4. The maximum absolute atomic E-state index is 13.0. The molecule has 0 rings (SSSR count). The van der Waals surface area contributed by atoms with Gasteiger partial charge in [0.05, 0.1) is 34.4 Å². The van der Waals surface area contributed by atoms with Gasteiger partial charge in [-0.05, 0) is 89.9 Å². The predicted octanol–water partition coefficient (Wildman–Crippen LogP) is 23.0. The molecule has 0 aliphatic carbocycles. The lowest BCUT2D eigenvalue weighted by Crippen LogP contribution is -2.40. The molecule has 0 aliphatic rings. The van der Waals surface area contributed by atoms with Crippen LogP contribution >= 0.6 is 0 Å². The number of carboxylic acid groups (broad SMARTS) is 1. The summed E-state index contributed by atoms with van der Waals surface area (Å²) < 4.78 is 23.0. The molecule has 9 heteroatoms. The lowest BCUT2D eigenvalue weighted by molar-refractivity contribution is -0.870. The fraction of sp³-hybridized carbons (Fsp3) is 0.782. The smallest absolute Gasteiger partial charge is 0.361 e. The molecule has 504 valence electrons. The van der Waals surface area contributed by atoms with Crippen molar-refractivity contribution in [3.8, 4) is 0 Å². The zero-order valence-electron chi connectivity index (χ0n) is 57.7.